The molecule has 2 aliphatic heterocycles. The van der Waals surface area contributed by atoms with Gasteiger partial charge in [-0.25, -0.2) is 4.79 Å². The van der Waals surface area contributed by atoms with Gasteiger partial charge in [0.2, 0.25) is 0 Å². The molecule has 0 atom stereocenters. The van der Waals surface area contributed by atoms with E-state index >= 15 is 0 Å². The summed E-state index contributed by atoms with van der Waals surface area (Å²) in [5.41, 5.74) is 7.15. The average molecular weight is 424 g/mol. The van der Waals surface area contributed by atoms with E-state index in [1.807, 2.05) is 12.4 Å². The Labute approximate surface area is 182 Å². The molecular formula is C23H29N5O3. The number of nitrogens with zero attached hydrogens (tertiary/aromatic N) is 5. The monoisotopic (exact) mass is 423 g/mol. The fourth-order valence-electron chi connectivity index (χ4n) is 4.55. The molecule has 5 rings (SSSR count). The van der Waals surface area contributed by atoms with Crippen LogP contribution in [-0.2, 0) is 15.9 Å². The Bertz CT molecular complexity index is 1020. The third-order valence-electron chi connectivity index (χ3n) is 6.36. The molecule has 1 aliphatic carbocycles. The lowest BCUT2D eigenvalue weighted by Crippen LogP contribution is -2.51. The molecule has 164 valence electrons. The van der Waals surface area contributed by atoms with Crippen molar-refractivity contribution in [2.75, 3.05) is 44.3 Å². The van der Waals surface area contributed by atoms with Crippen molar-refractivity contribution >= 4 is 23.4 Å². The Kier molecular flexibility index (Phi) is 5.17. The van der Waals surface area contributed by atoms with E-state index in [2.05, 4.69) is 52.6 Å². The molecule has 0 aromatic carbocycles. The smallest absolute Gasteiger partial charge is 0.410 e. The largest absolute Gasteiger partial charge is 0.441 e. The number of pyridine rings is 1. The molecule has 31 heavy (non-hydrogen) atoms. The van der Waals surface area contributed by atoms with Crippen LogP contribution in [0.2, 0.25) is 0 Å². The van der Waals surface area contributed by atoms with Crippen LogP contribution in [0.25, 0.3) is 11.6 Å². The first-order valence-electron chi connectivity index (χ1n) is 11.0. The number of anilines is 1. The third-order valence-corrected chi connectivity index (χ3v) is 6.36. The molecule has 2 saturated heterocycles. The number of ether oxygens (including phenoxy) is 2. The van der Waals surface area contributed by atoms with Crippen LogP contribution >= 0.6 is 0 Å². The maximum atomic E-state index is 12.3. The molecule has 0 radical (unpaired) electrons. The fourth-order valence-corrected chi connectivity index (χ4v) is 4.55. The Morgan fingerprint density at radius 1 is 1.23 bits per heavy atom. The van der Waals surface area contributed by atoms with Gasteiger partial charge in [0.1, 0.15) is 0 Å². The first-order valence-corrected chi connectivity index (χ1v) is 11.0. The Morgan fingerprint density at radius 2 is 2.00 bits per heavy atom. The normalized spacial score (nSPS) is 18.8. The van der Waals surface area contributed by atoms with Crippen LogP contribution in [0.5, 0.6) is 0 Å². The number of hydrogen-bond donors (Lipinski definition) is 0. The number of carbonyl (C=O) groups excluding carboxylic acids is 1. The zero-order chi connectivity index (χ0) is 21.5. The predicted octanol–water partition coefficient (Wildman–Crippen LogP) is 2.92. The van der Waals surface area contributed by atoms with Gasteiger partial charge in [0, 0.05) is 67.3 Å². The van der Waals surface area contributed by atoms with E-state index in [1.54, 1.807) is 4.90 Å². The van der Waals surface area contributed by atoms with Crippen molar-refractivity contribution in [2.24, 2.45) is 0 Å². The topological polar surface area (TPSA) is 72.7 Å². The van der Waals surface area contributed by atoms with Crippen molar-refractivity contribution in [1.29, 1.82) is 0 Å². The molecule has 4 heterocycles. The van der Waals surface area contributed by atoms with Gasteiger partial charge in [-0.05, 0) is 38.5 Å². The zero-order valence-corrected chi connectivity index (χ0v) is 18.4. The van der Waals surface area contributed by atoms with Crippen molar-refractivity contribution in [3.05, 3.63) is 41.0 Å². The van der Waals surface area contributed by atoms with E-state index < -0.39 is 0 Å². The van der Waals surface area contributed by atoms with Crippen molar-refractivity contribution in [3.8, 4) is 0 Å². The van der Waals surface area contributed by atoms with E-state index in [1.165, 1.54) is 28.1 Å². The van der Waals surface area contributed by atoms with Gasteiger partial charge in [0.25, 0.3) is 0 Å². The predicted molar refractivity (Wildman–Crippen MR) is 118 cm³/mol. The van der Waals surface area contributed by atoms with Gasteiger partial charge >= 0.3 is 6.09 Å². The second-order valence-corrected chi connectivity index (χ2v) is 8.74. The highest BCUT2D eigenvalue weighted by molar-refractivity contribution is 5.92. The minimum atomic E-state index is -0.229. The van der Waals surface area contributed by atoms with Crippen molar-refractivity contribution in [1.82, 2.24) is 19.7 Å². The molecular weight excluding hydrogens is 394 g/mol. The molecule has 2 aromatic heterocycles. The highest BCUT2D eigenvalue weighted by Gasteiger charge is 2.30. The SMILES string of the molecule is Cc1c(C2=Cc3c(N4CCN(C(=O)OC5COC5)CC4)ccnc3C2)cnn1C(C)C. The Hall–Kier alpha value is -2.87. The van der Waals surface area contributed by atoms with Crippen LogP contribution in [0.1, 0.15) is 42.4 Å². The van der Waals surface area contributed by atoms with E-state index in [9.17, 15) is 4.79 Å². The highest BCUT2D eigenvalue weighted by atomic mass is 16.6. The second kappa shape index (κ2) is 8.00. The highest BCUT2D eigenvalue weighted by Crippen LogP contribution is 2.37. The van der Waals surface area contributed by atoms with E-state index in [4.69, 9.17) is 9.47 Å². The van der Waals surface area contributed by atoms with Crippen LogP contribution in [-0.4, -0.2) is 71.3 Å². The number of aromatic nitrogens is 3. The summed E-state index contributed by atoms with van der Waals surface area (Å²) in [5, 5.41) is 4.58. The molecule has 0 unspecified atom stereocenters. The molecule has 8 heteroatoms. The first-order chi connectivity index (χ1) is 15.0. The number of piperazine rings is 1. The maximum absolute atomic E-state index is 12.3. The molecule has 0 N–H and O–H groups in total. The van der Waals surface area contributed by atoms with Gasteiger partial charge < -0.3 is 19.3 Å². The third kappa shape index (κ3) is 3.69. The van der Waals surface area contributed by atoms with Crippen LogP contribution in [0, 0.1) is 6.92 Å². The summed E-state index contributed by atoms with van der Waals surface area (Å²) in [5.74, 6) is 0. The average Bonchev–Trinajstić information content (AvgIpc) is 3.33. The minimum Gasteiger partial charge on any atom is -0.441 e. The van der Waals surface area contributed by atoms with E-state index in [0.717, 1.165) is 25.2 Å². The lowest BCUT2D eigenvalue weighted by atomic mass is 10.1. The van der Waals surface area contributed by atoms with Gasteiger partial charge in [0.05, 0.1) is 25.1 Å². The minimum absolute atomic E-state index is 0.0823. The molecule has 0 bridgehead atoms. The number of fused-ring (bicyclic) bond motifs is 1. The number of allylic oxidation sites excluding steroid dienone is 1. The van der Waals surface area contributed by atoms with Crippen LogP contribution in [0.3, 0.4) is 0 Å². The lowest BCUT2D eigenvalue weighted by molar-refractivity contribution is -0.104. The van der Waals surface area contributed by atoms with Crippen LogP contribution in [0.15, 0.2) is 18.5 Å². The van der Waals surface area contributed by atoms with E-state index in [-0.39, 0.29) is 12.2 Å². The standard InChI is InChI=1S/C23H29N5O3/c1-15(2)28-16(3)20(12-25-28)17-10-19-21(11-17)24-5-4-22(19)26-6-8-27(9-7-26)23(29)31-18-13-30-14-18/h4-5,10,12,15,18H,6-9,11,13-14H2,1-3H3. The number of carbonyl (C=O) groups is 1. The van der Waals surface area contributed by atoms with Gasteiger partial charge in [-0.15, -0.1) is 0 Å². The molecule has 0 saturated carbocycles. The van der Waals surface area contributed by atoms with Crippen LogP contribution in [0.4, 0.5) is 10.5 Å². The number of rotatable bonds is 4. The summed E-state index contributed by atoms with van der Waals surface area (Å²) in [7, 11) is 0. The van der Waals surface area contributed by atoms with Gasteiger partial charge in [-0.3, -0.25) is 9.67 Å². The Morgan fingerprint density at radius 3 is 2.65 bits per heavy atom. The van der Waals surface area contributed by atoms with Crippen molar-refractivity contribution in [2.45, 2.75) is 39.3 Å². The molecule has 3 aliphatic rings. The van der Waals surface area contributed by atoms with Gasteiger partial charge in [-0.1, -0.05) is 0 Å². The number of hydrogen-bond acceptors (Lipinski definition) is 6. The molecule has 0 spiro atoms. The Balaban J connectivity index is 1.31. The molecule has 2 fully saturated rings. The summed E-state index contributed by atoms with van der Waals surface area (Å²) in [6, 6.07) is 2.43. The summed E-state index contributed by atoms with van der Waals surface area (Å²) in [4.78, 5) is 21.1. The molecule has 2 aromatic rings. The first kappa shape index (κ1) is 20.1. The lowest BCUT2D eigenvalue weighted by Gasteiger charge is -2.37. The van der Waals surface area contributed by atoms with Crippen molar-refractivity contribution < 1.29 is 14.3 Å². The summed E-state index contributed by atoms with van der Waals surface area (Å²) >= 11 is 0. The number of amides is 1. The van der Waals surface area contributed by atoms with Gasteiger partial charge in [0.15, 0.2) is 6.10 Å². The summed E-state index contributed by atoms with van der Waals surface area (Å²) in [6.07, 6.45) is 6.65. The van der Waals surface area contributed by atoms with Gasteiger partial charge in [-0.2, -0.15) is 5.10 Å². The molecule has 8 nitrogen and oxygen atoms in total. The quantitative estimate of drug-likeness (QED) is 0.753. The fraction of sp³-hybridized carbons (Fsp3) is 0.522. The summed E-state index contributed by atoms with van der Waals surface area (Å²) < 4.78 is 12.6. The zero-order valence-electron chi connectivity index (χ0n) is 18.4. The molecule has 1 amide bonds. The van der Waals surface area contributed by atoms with Crippen LogP contribution < -0.4 is 4.90 Å². The summed E-state index contributed by atoms with van der Waals surface area (Å²) in [6.45, 7) is 10.3. The van der Waals surface area contributed by atoms with E-state index in [0.29, 0.717) is 32.3 Å². The second-order valence-electron chi connectivity index (χ2n) is 8.74. The maximum Gasteiger partial charge on any atom is 0.410 e. The van der Waals surface area contributed by atoms with Crippen molar-refractivity contribution in [3.63, 3.8) is 0 Å².